The van der Waals surface area contributed by atoms with Crippen molar-refractivity contribution in [3.8, 4) is 11.3 Å². The van der Waals surface area contributed by atoms with E-state index in [2.05, 4.69) is 45.9 Å². The summed E-state index contributed by atoms with van der Waals surface area (Å²) in [6, 6.07) is 29.4. The van der Waals surface area contributed by atoms with Gasteiger partial charge in [-0.05, 0) is 67.1 Å². The maximum Gasteiger partial charge on any atom is 0.255 e. The van der Waals surface area contributed by atoms with Crippen LogP contribution in [0.3, 0.4) is 0 Å². The lowest BCUT2D eigenvalue weighted by Crippen LogP contribution is -2.22. The van der Waals surface area contributed by atoms with Crippen molar-refractivity contribution >= 4 is 56.5 Å². The van der Waals surface area contributed by atoms with E-state index in [1.54, 1.807) is 6.07 Å². The van der Waals surface area contributed by atoms with E-state index in [9.17, 15) is 9.59 Å². The largest absolute Gasteiger partial charge is 0.322 e. The summed E-state index contributed by atoms with van der Waals surface area (Å²) in [6.45, 7) is 3.82. The number of carbonyl (C=O) groups is 2. The van der Waals surface area contributed by atoms with Crippen LogP contribution in [0, 0.1) is 6.92 Å². The summed E-state index contributed by atoms with van der Waals surface area (Å²) in [6.07, 6.45) is 0. The minimum Gasteiger partial charge on any atom is -0.322 e. The molecule has 2 amide bonds. The van der Waals surface area contributed by atoms with Crippen LogP contribution >= 0.6 is 23.1 Å². The zero-order valence-corrected chi connectivity index (χ0v) is 22.0. The molecule has 184 valence electrons. The topological polar surface area (TPSA) is 71.1 Å². The molecule has 0 bridgehead atoms. The summed E-state index contributed by atoms with van der Waals surface area (Å²) >= 11 is 2.87. The Morgan fingerprint density at radius 2 is 1.65 bits per heavy atom. The summed E-state index contributed by atoms with van der Waals surface area (Å²) < 4.78 is 0. The van der Waals surface area contributed by atoms with Gasteiger partial charge in [0.1, 0.15) is 0 Å². The van der Waals surface area contributed by atoms with Gasteiger partial charge < -0.3 is 10.6 Å². The minimum atomic E-state index is -0.319. The SMILES string of the molecule is Cc1cccc(C(=O)Nc2ccc(SC(C)C(=O)Nc3nc(-c4ccc5ccccc5c4)cs3)cc2)c1. The van der Waals surface area contributed by atoms with Crippen molar-refractivity contribution in [3.05, 3.63) is 108 Å². The molecule has 0 saturated heterocycles. The summed E-state index contributed by atoms with van der Waals surface area (Å²) in [5.74, 6) is -0.260. The summed E-state index contributed by atoms with van der Waals surface area (Å²) in [5, 5.41) is 10.4. The third-order valence-electron chi connectivity index (χ3n) is 5.85. The van der Waals surface area contributed by atoms with E-state index in [1.807, 2.05) is 73.8 Å². The highest BCUT2D eigenvalue weighted by Crippen LogP contribution is 2.29. The number of aryl methyl sites for hydroxylation is 1. The van der Waals surface area contributed by atoms with E-state index in [-0.39, 0.29) is 17.1 Å². The Morgan fingerprint density at radius 1 is 0.865 bits per heavy atom. The highest BCUT2D eigenvalue weighted by atomic mass is 32.2. The van der Waals surface area contributed by atoms with Gasteiger partial charge in [0.15, 0.2) is 5.13 Å². The number of thioether (sulfide) groups is 1. The minimum absolute atomic E-state index is 0.110. The molecule has 0 radical (unpaired) electrons. The van der Waals surface area contributed by atoms with E-state index >= 15 is 0 Å². The smallest absolute Gasteiger partial charge is 0.255 e. The van der Waals surface area contributed by atoms with Crippen molar-refractivity contribution in [1.82, 2.24) is 4.98 Å². The van der Waals surface area contributed by atoms with Crippen LogP contribution in [0.5, 0.6) is 0 Å². The Bertz CT molecular complexity index is 1580. The number of fused-ring (bicyclic) bond motifs is 1. The Hall–Kier alpha value is -3.94. The molecule has 5 aromatic rings. The van der Waals surface area contributed by atoms with Gasteiger partial charge in [0.25, 0.3) is 5.91 Å². The number of amides is 2. The molecule has 2 N–H and O–H groups in total. The second-order valence-corrected chi connectivity index (χ2v) is 11.0. The van der Waals surface area contributed by atoms with Gasteiger partial charge >= 0.3 is 0 Å². The number of nitrogens with zero attached hydrogens (tertiary/aromatic N) is 1. The van der Waals surface area contributed by atoms with Crippen LogP contribution in [0.4, 0.5) is 10.8 Å². The van der Waals surface area contributed by atoms with Gasteiger partial charge in [0, 0.05) is 27.1 Å². The molecule has 1 atom stereocenters. The molecule has 0 aliphatic heterocycles. The zero-order chi connectivity index (χ0) is 25.8. The van der Waals surface area contributed by atoms with Gasteiger partial charge in [0.05, 0.1) is 10.9 Å². The first kappa shape index (κ1) is 24.7. The van der Waals surface area contributed by atoms with Gasteiger partial charge in [0.2, 0.25) is 5.91 Å². The van der Waals surface area contributed by atoms with Crippen molar-refractivity contribution < 1.29 is 9.59 Å². The lowest BCUT2D eigenvalue weighted by molar-refractivity contribution is -0.115. The number of benzene rings is 4. The number of aromatic nitrogens is 1. The van der Waals surface area contributed by atoms with Crippen LogP contribution < -0.4 is 10.6 Å². The quantitative estimate of drug-likeness (QED) is 0.215. The average molecular weight is 524 g/mol. The Balaban J connectivity index is 1.17. The molecule has 4 aromatic carbocycles. The van der Waals surface area contributed by atoms with Crippen LogP contribution in [0.15, 0.2) is 101 Å². The third-order valence-corrected chi connectivity index (χ3v) is 7.72. The van der Waals surface area contributed by atoms with Gasteiger partial charge in [-0.3, -0.25) is 9.59 Å². The number of rotatable bonds is 7. The number of carbonyl (C=O) groups excluding carboxylic acids is 2. The number of nitrogens with one attached hydrogen (secondary N) is 2. The number of thiazole rings is 1. The van der Waals surface area contributed by atoms with Crippen molar-refractivity contribution in [1.29, 1.82) is 0 Å². The molecule has 1 heterocycles. The fourth-order valence-electron chi connectivity index (χ4n) is 3.88. The van der Waals surface area contributed by atoms with Gasteiger partial charge in [-0.1, -0.05) is 54.1 Å². The van der Waals surface area contributed by atoms with E-state index in [4.69, 9.17) is 0 Å². The average Bonchev–Trinajstić information content (AvgIpc) is 3.38. The molecule has 1 aromatic heterocycles. The molecular weight excluding hydrogens is 498 g/mol. The van der Waals surface area contributed by atoms with Crippen LogP contribution in [-0.2, 0) is 4.79 Å². The summed E-state index contributed by atoms with van der Waals surface area (Å²) in [4.78, 5) is 30.8. The van der Waals surface area contributed by atoms with E-state index in [0.717, 1.165) is 27.1 Å². The Morgan fingerprint density at radius 3 is 2.43 bits per heavy atom. The second kappa shape index (κ2) is 11.0. The van der Waals surface area contributed by atoms with Gasteiger partial charge in [-0.15, -0.1) is 23.1 Å². The Kier molecular flexibility index (Phi) is 7.35. The first-order valence-electron chi connectivity index (χ1n) is 11.8. The molecule has 1 unspecified atom stereocenters. The molecule has 5 nitrogen and oxygen atoms in total. The van der Waals surface area contributed by atoms with Crippen molar-refractivity contribution in [2.45, 2.75) is 24.0 Å². The predicted molar refractivity (Wildman–Crippen MR) is 155 cm³/mol. The Labute approximate surface area is 224 Å². The standard InChI is InChI=1S/C30H25N3O2S2/c1-19-6-5-9-24(16-19)29(35)31-25-12-14-26(15-13-25)37-20(2)28(34)33-30-32-27(18-36-30)23-11-10-21-7-3-4-8-22(21)17-23/h3-18,20H,1-2H3,(H,31,35)(H,32,33,34). The van der Waals surface area contributed by atoms with Crippen molar-refractivity contribution in [3.63, 3.8) is 0 Å². The molecule has 37 heavy (non-hydrogen) atoms. The van der Waals surface area contributed by atoms with Crippen LogP contribution in [0.2, 0.25) is 0 Å². The lowest BCUT2D eigenvalue weighted by atomic mass is 10.1. The summed E-state index contributed by atoms with van der Waals surface area (Å²) in [5.41, 5.74) is 4.23. The van der Waals surface area contributed by atoms with E-state index < -0.39 is 0 Å². The molecule has 5 rings (SSSR count). The zero-order valence-electron chi connectivity index (χ0n) is 20.4. The van der Waals surface area contributed by atoms with Crippen molar-refractivity contribution in [2.75, 3.05) is 10.6 Å². The monoisotopic (exact) mass is 523 g/mol. The molecule has 0 spiro atoms. The summed E-state index contributed by atoms with van der Waals surface area (Å²) in [7, 11) is 0. The second-order valence-electron chi connectivity index (χ2n) is 8.70. The first-order chi connectivity index (χ1) is 17.9. The van der Waals surface area contributed by atoms with Gasteiger partial charge in [-0.2, -0.15) is 0 Å². The number of hydrogen-bond acceptors (Lipinski definition) is 5. The fraction of sp³-hybridized carbons (Fsp3) is 0.100. The lowest BCUT2D eigenvalue weighted by Gasteiger charge is -2.11. The highest BCUT2D eigenvalue weighted by Gasteiger charge is 2.17. The third kappa shape index (κ3) is 6.07. The van der Waals surface area contributed by atoms with Gasteiger partial charge in [-0.25, -0.2) is 4.98 Å². The molecule has 0 fully saturated rings. The normalized spacial score (nSPS) is 11.7. The molecule has 7 heteroatoms. The van der Waals surface area contributed by atoms with E-state index in [0.29, 0.717) is 16.4 Å². The first-order valence-corrected chi connectivity index (χ1v) is 13.6. The van der Waals surface area contributed by atoms with Crippen LogP contribution in [-0.4, -0.2) is 22.0 Å². The maximum absolute atomic E-state index is 12.8. The van der Waals surface area contributed by atoms with E-state index in [1.165, 1.54) is 28.5 Å². The van der Waals surface area contributed by atoms with Crippen LogP contribution in [0.1, 0.15) is 22.8 Å². The molecule has 0 aliphatic rings. The van der Waals surface area contributed by atoms with Crippen molar-refractivity contribution in [2.24, 2.45) is 0 Å². The molecular formula is C30H25N3O2S2. The number of anilines is 2. The molecule has 0 saturated carbocycles. The maximum atomic E-state index is 12.8. The fourth-order valence-corrected chi connectivity index (χ4v) is 5.47. The predicted octanol–water partition coefficient (Wildman–Crippen LogP) is 7.64. The molecule has 0 aliphatic carbocycles. The highest BCUT2D eigenvalue weighted by molar-refractivity contribution is 8.00. The van der Waals surface area contributed by atoms with Crippen LogP contribution in [0.25, 0.3) is 22.0 Å². The number of hydrogen-bond donors (Lipinski definition) is 2.